The summed E-state index contributed by atoms with van der Waals surface area (Å²) >= 11 is -0.179. The van der Waals surface area contributed by atoms with Crippen LogP contribution in [0.4, 0.5) is 4.39 Å². The Kier molecular flexibility index (Phi) is 3.64. The number of hydrogen-bond acceptors (Lipinski definition) is 2. The number of fused-ring (bicyclic) bond motifs is 2. The third kappa shape index (κ3) is 2.41. The Morgan fingerprint density at radius 1 is 0.667 bits per heavy atom. The van der Waals surface area contributed by atoms with Gasteiger partial charge in [0.1, 0.15) is 0 Å². The topological polar surface area (TPSA) is 34.1 Å². The summed E-state index contributed by atoms with van der Waals surface area (Å²) in [7, 11) is 0. The molecule has 0 aromatic heterocycles. The number of carbonyl (C=O) groups excluding carboxylic acids is 2. The number of hydrogen-bond donors (Lipinski definition) is 0. The van der Waals surface area contributed by atoms with E-state index in [1.54, 1.807) is 48.5 Å². The second kappa shape index (κ2) is 5.82. The predicted octanol–water partition coefficient (Wildman–Crippen LogP) is 2.26. The van der Waals surface area contributed by atoms with Crippen LogP contribution in [0, 0.1) is 5.82 Å². The molecule has 0 heterocycles. The number of rotatable bonds is 2. The molecule has 0 fully saturated rings. The maximum absolute atomic E-state index is 13.1. The number of ketones is 2. The van der Waals surface area contributed by atoms with Crippen LogP contribution in [0.1, 0.15) is 31.8 Å². The first-order valence-corrected chi connectivity index (χ1v) is 9.11. The normalized spacial score (nSPS) is 12.7. The summed E-state index contributed by atoms with van der Waals surface area (Å²) in [6.45, 7) is 0. The summed E-state index contributed by atoms with van der Waals surface area (Å²) in [6, 6.07) is 18.6. The summed E-state index contributed by atoms with van der Waals surface area (Å²) in [5, 5.41) is 0. The Bertz CT molecular complexity index is 977. The van der Waals surface area contributed by atoms with Gasteiger partial charge < -0.3 is 0 Å². The molecule has 1 aliphatic rings. The first kappa shape index (κ1) is 15.0. The minimum atomic E-state index is -0.287. The molecule has 116 valence electrons. The summed E-state index contributed by atoms with van der Waals surface area (Å²) in [5.74, 6) is -0.512. The van der Waals surface area contributed by atoms with Gasteiger partial charge in [-0.15, -0.1) is 0 Å². The van der Waals surface area contributed by atoms with E-state index in [1.165, 1.54) is 12.1 Å². The van der Waals surface area contributed by atoms with Crippen molar-refractivity contribution in [1.29, 1.82) is 0 Å². The van der Waals surface area contributed by atoms with Crippen LogP contribution in [0.25, 0.3) is 0 Å². The van der Waals surface area contributed by atoms with Crippen LogP contribution in [-0.2, 0) is 0 Å². The first-order chi connectivity index (χ1) is 11.6. The van der Waals surface area contributed by atoms with Gasteiger partial charge in [-0.05, 0) is 0 Å². The molecule has 0 amide bonds. The van der Waals surface area contributed by atoms with Crippen LogP contribution in [0.3, 0.4) is 0 Å². The van der Waals surface area contributed by atoms with E-state index in [9.17, 15) is 14.0 Å². The van der Waals surface area contributed by atoms with Crippen molar-refractivity contribution in [2.45, 2.75) is 0 Å². The molecular formula is C20H11FO2Se. The van der Waals surface area contributed by atoms with Gasteiger partial charge in [-0.25, -0.2) is 0 Å². The molecule has 0 spiro atoms. The van der Waals surface area contributed by atoms with Crippen LogP contribution < -0.4 is 8.92 Å². The Morgan fingerprint density at radius 2 is 1.29 bits per heavy atom. The Labute approximate surface area is 144 Å². The van der Waals surface area contributed by atoms with Crippen molar-refractivity contribution in [2.75, 3.05) is 0 Å². The monoisotopic (exact) mass is 382 g/mol. The minimum absolute atomic E-state index is 0.111. The van der Waals surface area contributed by atoms with E-state index in [2.05, 4.69) is 0 Å². The van der Waals surface area contributed by atoms with Gasteiger partial charge in [0, 0.05) is 0 Å². The number of benzene rings is 3. The van der Waals surface area contributed by atoms with Crippen molar-refractivity contribution < 1.29 is 14.0 Å². The van der Waals surface area contributed by atoms with Gasteiger partial charge in [-0.1, -0.05) is 0 Å². The van der Waals surface area contributed by atoms with Gasteiger partial charge >= 0.3 is 144 Å². The second-order valence-electron chi connectivity index (χ2n) is 5.44. The molecule has 4 heteroatoms. The molecular weight excluding hydrogens is 370 g/mol. The van der Waals surface area contributed by atoms with Gasteiger partial charge in [0.2, 0.25) is 0 Å². The van der Waals surface area contributed by atoms with Crippen LogP contribution in [0.2, 0.25) is 0 Å². The quantitative estimate of drug-likeness (QED) is 0.500. The molecule has 2 nitrogen and oxygen atoms in total. The van der Waals surface area contributed by atoms with Crippen molar-refractivity contribution in [3.63, 3.8) is 0 Å². The second-order valence-corrected chi connectivity index (χ2v) is 7.78. The third-order valence-electron chi connectivity index (χ3n) is 3.96. The summed E-state index contributed by atoms with van der Waals surface area (Å²) in [4.78, 5) is 25.6. The molecule has 3 aromatic carbocycles. The van der Waals surface area contributed by atoms with Gasteiger partial charge in [-0.3, -0.25) is 0 Å². The zero-order valence-electron chi connectivity index (χ0n) is 12.5. The van der Waals surface area contributed by atoms with Crippen molar-refractivity contribution in [1.82, 2.24) is 0 Å². The van der Waals surface area contributed by atoms with E-state index in [0.717, 1.165) is 8.92 Å². The molecule has 0 saturated carbocycles. The fourth-order valence-electron chi connectivity index (χ4n) is 2.83. The van der Waals surface area contributed by atoms with Gasteiger partial charge in [0.05, 0.1) is 0 Å². The SMILES string of the molecule is O=C1c2ccccc2C(=O)c2c([Se]c3ccc(F)cc3)cccc21. The molecule has 0 saturated heterocycles. The van der Waals surface area contributed by atoms with Crippen molar-refractivity contribution in [3.8, 4) is 0 Å². The molecule has 0 radical (unpaired) electrons. The zero-order chi connectivity index (χ0) is 16.7. The Morgan fingerprint density at radius 3 is 2.00 bits per heavy atom. The predicted molar refractivity (Wildman–Crippen MR) is 91.2 cm³/mol. The average Bonchev–Trinajstić information content (AvgIpc) is 2.61. The third-order valence-corrected chi connectivity index (χ3v) is 6.20. The van der Waals surface area contributed by atoms with Gasteiger partial charge in [0.25, 0.3) is 0 Å². The summed E-state index contributed by atoms with van der Waals surface area (Å²) in [6.07, 6.45) is 0. The van der Waals surface area contributed by atoms with Crippen molar-refractivity contribution in [2.24, 2.45) is 0 Å². The number of halogens is 1. The standard InChI is InChI=1S/C20H11FO2Se/c21-12-8-10-13(11-9-12)24-17-7-3-6-16-18(17)20(23)15-5-2-1-4-14(15)19(16)22/h1-11H. The molecule has 4 rings (SSSR count). The summed E-state index contributed by atoms with van der Waals surface area (Å²) < 4.78 is 14.9. The molecule has 24 heavy (non-hydrogen) atoms. The first-order valence-electron chi connectivity index (χ1n) is 7.40. The van der Waals surface area contributed by atoms with Crippen LogP contribution >= 0.6 is 0 Å². The van der Waals surface area contributed by atoms with E-state index in [-0.39, 0.29) is 32.3 Å². The molecule has 0 atom stereocenters. The van der Waals surface area contributed by atoms with Gasteiger partial charge in [0.15, 0.2) is 0 Å². The fraction of sp³-hybridized carbons (Fsp3) is 0. The Hall–Kier alpha value is -2.55. The van der Waals surface area contributed by atoms with E-state index in [0.29, 0.717) is 22.3 Å². The molecule has 0 bridgehead atoms. The van der Waals surface area contributed by atoms with Crippen molar-refractivity contribution >= 4 is 35.4 Å². The molecule has 0 N–H and O–H groups in total. The van der Waals surface area contributed by atoms with Crippen LogP contribution in [-0.4, -0.2) is 26.5 Å². The fourth-order valence-corrected chi connectivity index (χ4v) is 4.88. The maximum atomic E-state index is 13.1. The van der Waals surface area contributed by atoms with Gasteiger partial charge in [-0.2, -0.15) is 0 Å². The van der Waals surface area contributed by atoms with Crippen molar-refractivity contribution in [3.05, 3.63) is 94.8 Å². The van der Waals surface area contributed by atoms with E-state index >= 15 is 0 Å². The Balaban J connectivity index is 1.83. The zero-order valence-corrected chi connectivity index (χ0v) is 14.2. The summed E-state index contributed by atoms with van der Waals surface area (Å²) in [5.41, 5.74) is 1.87. The molecule has 3 aromatic rings. The van der Waals surface area contributed by atoms with E-state index in [1.807, 2.05) is 6.07 Å². The van der Waals surface area contributed by atoms with Crippen LogP contribution in [0.5, 0.6) is 0 Å². The van der Waals surface area contributed by atoms with E-state index in [4.69, 9.17) is 0 Å². The number of carbonyl (C=O) groups is 2. The van der Waals surface area contributed by atoms with E-state index < -0.39 is 0 Å². The average molecular weight is 381 g/mol. The molecule has 0 unspecified atom stereocenters. The molecule has 0 aliphatic heterocycles. The van der Waals surface area contributed by atoms with Crippen LogP contribution in [0.15, 0.2) is 66.7 Å². The molecule has 1 aliphatic carbocycles.